The van der Waals surface area contributed by atoms with Gasteiger partial charge in [-0.1, -0.05) is 35.9 Å². The summed E-state index contributed by atoms with van der Waals surface area (Å²) in [6.07, 6.45) is -3.56. The fourth-order valence-corrected chi connectivity index (χ4v) is 7.20. The van der Waals surface area contributed by atoms with Gasteiger partial charge >= 0.3 is 12.1 Å². The van der Waals surface area contributed by atoms with E-state index >= 15 is 0 Å². The molecular formula is C35H34ClF4N5O5S. The number of aliphatic carboxylic acids is 1. The van der Waals surface area contributed by atoms with Crippen molar-refractivity contribution >= 4 is 44.9 Å². The van der Waals surface area contributed by atoms with E-state index in [9.17, 15) is 27.5 Å². The maximum absolute atomic E-state index is 14.2. The number of rotatable bonds is 13. The van der Waals surface area contributed by atoms with Gasteiger partial charge in [0.1, 0.15) is 46.9 Å². The van der Waals surface area contributed by atoms with Crippen LogP contribution >= 0.6 is 22.9 Å². The van der Waals surface area contributed by atoms with Crippen LogP contribution in [0.5, 0.6) is 11.5 Å². The van der Waals surface area contributed by atoms with Gasteiger partial charge in [-0.05, 0) is 48.9 Å². The molecule has 5 aromatic rings. The number of alkyl halides is 3. The number of carbonyl (C=O) groups is 1. The highest BCUT2D eigenvalue weighted by Gasteiger charge is 2.30. The van der Waals surface area contributed by atoms with Crippen molar-refractivity contribution in [2.24, 2.45) is 0 Å². The smallest absolute Gasteiger partial charge is 0.422 e. The second-order valence-corrected chi connectivity index (χ2v) is 13.5. The van der Waals surface area contributed by atoms with Crippen LogP contribution in [0.1, 0.15) is 11.1 Å². The third kappa shape index (κ3) is 8.55. The number of hydrogen-bond donors (Lipinski definition) is 2. The third-order valence-electron chi connectivity index (χ3n) is 8.56. The zero-order valence-electron chi connectivity index (χ0n) is 27.6. The van der Waals surface area contributed by atoms with Crippen LogP contribution in [0.25, 0.3) is 32.0 Å². The van der Waals surface area contributed by atoms with Crippen LogP contribution in [0.15, 0.2) is 59.3 Å². The monoisotopic (exact) mass is 747 g/mol. The summed E-state index contributed by atoms with van der Waals surface area (Å²) in [4.78, 5) is 26.9. The molecule has 2 N–H and O–H groups in total. The van der Waals surface area contributed by atoms with E-state index in [4.69, 9.17) is 25.5 Å². The van der Waals surface area contributed by atoms with Crippen molar-refractivity contribution in [1.29, 1.82) is 0 Å². The number of halogens is 5. The Bertz CT molecular complexity index is 2010. The maximum atomic E-state index is 14.2. The van der Waals surface area contributed by atoms with Crippen LogP contribution in [0.4, 0.5) is 23.4 Å². The van der Waals surface area contributed by atoms with Crippen LogP contribution in [0, 0.1) is 12.9 Å². The Labute approximate surface area is 299 Å². The summed E-state index contributed by atoms with van der Waals surface area (Å²) in [5.41, 5.74) is 2.03. The largest absolute Gasteiger partial charge is 0.491 e. The summed E-state index contributed by atoms with van der Waals surface area (Å²) in [6, 6.07) is 10.0. The number of nitrogens with one attached hydrogen (secondary N) is 1. The SMILES string of the molecule is Cc1c(-c2c(-c3ccc(F)o3)sc3ncnc(N[C@H](Cc4ccccc4OCC(F)(F)F)C(=O)O)c23)ccc(OCCN2CCN(C)CC2)c1Cl. The molecule has 3 aromatic heterocycles. The fraction of sp³-hybridized carbons (Fsp3) is 0.343. The molecule has 1 fully saturated rings. The molecule has 1 aliphatic rings. The van der Waals surface area contributed by atoms with E-state index in [-0.39, 0.29) is 29.3 Å². The molecule has 16 heteroatoms. The molecule has 0 amide bonds. The number of ether oxygens (including phenoxy) is 2. The lowest BCUT2D eigenvalue weighted by atomic mass is 9.97. The first-order chi connectivity index (χ1) is 24.4. The molecule has 1 saturated heterocycles. The molecule has 0 aliphatic carbocycles. The van der Waals surface area contributed by atoms with Crippen molar-refractivity contribution in [3.8, 4) is 33.3 Å². The van der Waals surface area contributed by atoms with E-state index in [1.807, 2.05) is 13.0 Å². The lowest BCUT2D eigenvalue weighted by molar-refractivity contribution is -0.153. The Kier molecular flexibility index (Phi) is 11.0. The van der Waals surface area contributed by atoms with E-state index in [2.05, 4.69) is 32.1 Å². The molecule has 10 nitrogen and oxygen atoms in total. The lowest BCUT2D eigenvalue weighted by Crippen LogP contribution is -2.45. The van der Waals surface area contributed by atoms with Crippen LogP contribution in [0.3, 0.4) is 0 Å². The number of hydrogen-bond acceptors (Lipinski definition) is 10. The summed E-state index contributed by atoms with van der Waals surface area (Å²) < 4.78 is 69.4. The molecule has 6 rings (SSSR count). The van der Waals surface area contributed by atoms with Crippen molar-refractivity contribution in [2.75, 3.05) is 58.3 Å². The maximum Gasteiger partial charge on any atom is 0.422 e. The second kappa shape index (κ2) is 15.4. The highest BCUT2D eigenvalue weighted by Crippen LogP contribution is 2.49. The van der Waals surface area contributed by atoms with E-state index in [0.29, 0.717) is 49.2 Å². The Morgan fingerprint density at radius 3 is 2.55 bits per heavy atom. The standard InChI is InChI=1S/C35H34ClF4N5O5S/c1-20-22(7-8-25(30(20)36)48-16-15-45-13-11-44(2)12-14-45)28-29-32(41-19-42-33(29)51-31(28)26-9-10-27(37)50-26)43-23(34(46)47)17-21-5-3-4-6-24(21)49-18-35(38,39)40/h3-10,19,23H,11-18H2,1-2H3,(H,46,47)(H,41,42,43)/t23-/m1/s1. The van der Waals surface area contributed by atoms with Gasteiger partial charge in [0.15, 0.2) is 6.61 Å². The first kappa shape index (κ1) is 36.4. The lowest BCUT2D eigenvalue weighted by Gasteiger charge is -2.32. The average molecular weight is 748 g/mol. The van der Waals surface area contributed by atoms with E-state index in [1.165, 1.54) is 48.0 Å². The molecule has 0 bridgehead atoms. The number of carboxylic acids is 1. The first-order valence-corrected chi connectivity index (χ1v) is 17.2. The number of anilines is 1. The molecule has 0 radical (unpaired) electrons. The molecule has 0 spiro atoms. The molecular weight excluding hydrogens is 714 g/mol. The Hall–Kier alpha value is -4.44. The van der Waals surface area contributed by atoms with Crippen molar-refractivity contribution in [3.63, 3.8) is 0 Å². The number of carboxylic acid groups (broad SMARTS) is 1. The number of aromatic nitrogens is 2. The fourth-order valence-electron chi connectivity index (χ4n) is 5.87. The molecule has 1 atom stereocenters. The molecule has 4 heterocycles. The van der Waals surface area contributed by atoms with Crippen LogP contribution in [-0.4, -0.2) is 96.0 Å². The van der Waals surface area contributed by atoms with Crippen LogP contribution in [0.2, 0.25) is 5.02 Å². The van der Waals surface area contributed by atoms with E-state index < -0.39 is 30.8 Å². The second-order valence-electron chi connectivity index (χ2n) is 12.1. The predicted octanol–water partition coefficient (Wildman–Crippen LogP) is 7.39. The zero-order chi connectivity index (χ0) is 36.3. The van der Waals surface area contributed by atoms with Gasteiger partial charge in [0.25, 0.3) is 6.01 Å². The Morgan fingerprint density at radius 1 is 1.08 bits per heavy atom. The van der Waals surface area contributed by atoms with Gasteiger partial charge in [-0.2, -0.15) is 17.6 Å². The average Bonchev–Trinajstić information content (AvgIpc) is 3.70. The number of furan rings is 1. The quantitative estimate of drug-likeness (QED) is 0.118. The van der Waals surface area contributed by atoms with Crippen molar-refractivity contribution < 1.29 is 41.4 Å². The predicted molar refractivity (Wildman–Crippen MR) is 186 cm³/mol. The van der Waals surface area contributed by atoms with Crippen LogP contribution in [-0.2, 0) is 11.2 Å². The van der Waals surface area contributed by atoms with Gasteiger partial charge in [0, 0.05) is 50.8 Å². The number of piperazine rings is 1. The first-order valence-electron chi connectivity index (χ1n) is 16.0. The Balaban J connectivity index is 1.35. The topological polar surface area (TPSA) is 113 Å². The minimum atomic E-state index is -4.58. The number of thiophene rings is 1. The highest BCUT2D eigenvalue weighted by molar-refractivity contribution is 7.22. The van der Waals surface area contributed by atoms with Gasteiger partial charge < -0.3 is 29.2 Å². The van der Waals surface area contributed by atoms with Gasteiger partial charge in [0.05, 0.1) is 15.3 Å². The Morgan fingerprint density at radius 2 is 1.84 bits per heavy atom. The van der Waals surface area contributed by atoms with Gasteiger partial charge in [-0.15, -0.1) is 11.3 Å². The number of benzene rings is 2. The molecule has 0 saturated carbocycles. The number of fused-ring (bicyclic) bond motifs is 1. The molecule has 2 aromatic carbocycles. The molecule has 51 heavy (non-hydrogen) atoms. The molecule has 1 aliphatic heterocycles. The number of nitrogens with zero attached hydrogens (tertiary/aromatic N) is 4. The van der Waals surface area contributed by atoms with Gasteiger partial charge in [-0.25, -0.2) is 14.8 Å². The van der Waals surface area contributed by atoms with Gasteiger partial charge in [0.2, 0.25) is 0 Å². The van der Waals surface area contributed by atoms with Crippen molar-refractivity contribution in [2.45, 2.75) is 25.6 Å². The summed E-state index contributed by atoms with van der Waals surface area (Å²) in [6.45, 7) is 5.34. The summed E-state index contributed by atoms with van der Waals surface area (Å²) in [7, 11) is 2.10. The highest BCUT2D eigenvalue weighted by atomic mass is 35.5. The summed E-state index contributed by atoms with van der Waals surface area (Å²) in [5, 5.41) is 14.0. The number of para-hydroxylation sites is 1. The molecule has 0 unspecified atom stereocenters. The number of likely N-dealkylation sites (N-methyl/N-ethyl adjacent to an activating group) is 1. The normalized spacial score (nSPS) is 14.9. The summed E-state index contributed by atoms with van der Waals surface area (Å²) >= 11 is 8.09. The van der Waals surface area contributed by atoms with Gasteiger partial charge in [-0.3, -0.25) is 4.90 Å². The van der Waals surface area contributed by atoms with Crippen molar-refractivity contribution in [1.82, 2.24) is 19.8 Å². The van der Waals surface area contributed by atoms with E-state index in [0.717, 1.165) is 32.7 Å². The minimum absolute atomic E-state index is 0.0924. The minimum Gasteiger partial charge on any atom is -0.491 e. The molecule has 270 valence electrons. The zero-order valence-corrected chi connectivity index (χ0v) is 29.2. The third-order valence-corrected chi connectivity index (χ3v) is 10.1. The summed E-state index contributed by atoms with van der Waals surface area (Å²) in [5.74, 6) is -0.539. The van der Waals surface area contributed by atoms with E-state index in [1.54, 1.807) is 12.1 Å². The van der Waals surface area contributed by atoms with Crippen LogP contribution < -0.4 is 14.8 Å². The van der Waals surface area contributed by atoms with Crippen molar-refractivity contribution in [3.05, 3.63) is 77.0 Å².